The van der Waals surface area contributed by atoms with E-state index in [9.17, 15) is 0 Å². The van der Waals surface area contributed by atoms with Gasteiger partial charge in [0, 0.05) is 44.8 Å². The second kappa shape index (κ2) is 9.75. The number of hydrogen-bond donors (Lipinski definition) is 1. The summed E-state index contributed by atoms with van der Waals surface area (Å²) in [6.45, 7) is 15.4. The zero-order valence-corrected chi connectivity index (χ0v) is 14.5. The van der Waals surface area contributed by atoms with E-state index >= 15 is 0 Å². The van der Waals surface area contributed by atoms with Gasteiger partial charge in [-0.25, -0.2) is 0 Å². The van der Waals surface area contributed by atoms with Gasteiger partial charge in [0.2, 0.25) is 0 Å². The molecule has 1 rings (SSSR count). The number of nitrogens with zero attached hydrogens (tertiary/aromatic N) is 2. The smallest absolute Gasteiger partial charge is 0.0244 e. The van der Waals surface area contributed by atoms with Gasteiger partial charge in [-0.2, -0.15) is 0 Å². The fraction of sp³-hybridized carbons (Fsp3) is 1.00. The van der Waals surface area contributed by atoms with Crippen molar-refractivity contribution in [2.75, 3.05) is 39.8 Å². The van der Waals surface area contributed by atoms with Crippen LogP contribution < -0.4 is 5.32 Å². The maximum Gasteiger partial charge on any atom is 0.0244 e. The van der Waals surface area contributed by atoms with Crippen molar-refractivity contribution in [1.82, 2.24) is 15.1 Å². The molecule has 0 aliphatic carbocycles. The lowest BCUT2D eigenvalue weighted by Gasteiger charge is -2.40. The van der Waals surface area contributed by atoms with E-state index in [1.54, 1.807) is 0 Å². The Morgan fingerprint density at radius 1 is 1.05 bits per heavy atom. The van der Waals surface area contributed by atoms with Crippen LogP contribution in [0.15, 0.2) is 0 Å². The van der Waals surface area contributed by atoms with Gasteiger partial charge in [0.05, 0.1) is 0 Å². The standard InChI is InChI=1S/C17H37N3/c1-6-8-9-16(7-2)18-14-17(15(3)4)20-12-10-19(5)11-13-20/h15-18H,6-14H2,1-5H3. The van der Waals surface area contributed by atoms with E-state index in [0.717, 1.165) is 12.5 Å². The van der Waals surface area contributed by atoms with Gasteiger partial charge in [0.15, 0.2) is 0 Å². The topological polar surface area (TPSA) is 18.5 Å². The van der Waals surface area contributed by atoms with Crippen LogP contribution >= 0.6 is 0 Å². The monoisotopic (exact) mass is 283 g/mol. The van der Waals surface area contributed by atoms with Crippen LogP contribution in [-0.2, 0) is 0 Å². The van der Waals surface area contributed by atoms with Gasteiger partial charge in [-0.1, -0.05) is 40.5 Å². The molecule has 3 nitrogen and oxygen atoms in total. The molecular formula is C17H37N3. The summed E-state index contributed by atoms with van der Waals surface area (Å²) < 4.78 is 0. The van der Waals surface area contributed by atoms with E-state index in [1.807, 2.05) is 0 Å². The fourth-order valence-corrected chi connectivity index (χ4v) is 3.13. The van der Waals surface area contributed by atoms with E-state index in [2.05, 4.69) is 49.9 Å². The first kappa shape index (κ1) is 17.9. The van der Waals surface area contributed by atoms with Crippen LogP contribution in [-0.4, -0.2) is 61.7 Å². The first-order valence-electron chi connectivity index (χ1n) is 8.74. The molecule has 1 heterocycles. The molecule has 120 valence electrons. The lowest BCUT2D eigenvalue weighted by atomic mass is 10.00. The summed E-state index contributed by atoms with van der Waals surface area (Å²) >= 11 is 0. The maximum absolute atomic E-state index is 3.84. The molecule has 1 aliphatic rings. The van der Waals surface area contributed by atoms with Crippen molar-refractivity contribution in [1.29, 1.82) is 0 Å². The molecular weight excluding hydrogens is 246 g/mol. The Labute approximate surface area is 127 Å². The van der Waals surface area contributed by atoms with Gasteiger partial charge in [-0.3, -0.25) is 4.90 Å². The van der Waals surface area contributed by atoms with Gasteiger partial charge in [0.25, 0.3) is 0 Å². The molecule has 1 fully saturated rings. The Kier molecular flexibility index (Phi) is 8.74. The normalized spacial score (nSPS) is 21.3. The van der Waals surface area contributed by atoms with E-state index < -0.39 is 0 Å². The third kappa shape index (κ3) is 6.11. The minimum Gasteiger partial charge on any atom is -0.312 e. The highest BCUT2D eigenvalue weighted by molar-refractivity contribution is 4.82. The average molecular weight is 284 g/mol. The van der Waals surface area contributed by atoms with Crippen LogP contribution in [0.25, 0.3) is 0 Å². The third-order valence-corrected chi connectivity index (χ3v) is 4.79. The van der Waals surface area contributed by atoms with Gasteiger partial charge in [-0.15, -0.1) is 0 Å². The van der Waals surface area contributed by atoms with Crippen molar-refractivity contribution < 1.29 is 0 Å². The molecule has 1 saturated heterocycles. The van der Waals surface area contributed by atoms with Gasteiger partial charge < -0.3 is 10.2 Å². The van der Waals surface area contributed by atoms with E-state index in [4.69, 9.17) is 0 Å². The maximum atomic E-state index is 3.84. The Balaban J connectivity index is 2.42. The molecule has 1 N–H and O–H groups in total. The summed E-state index contributed by atoms with van der Waals surface area (Å²) in [5.41, 5.74) is 0. The van der Waals surface area contributed by atoms with Crippen LogP contribution in [0.4, 0.5) is 0 Å². The van der Waals surface area contributed by atoms with Crippen LogP contribution in [0.3, 0.4) is 0 Å². The summed E-state index contributed by atoms with van der Waals surface area (Å²) in [7, 11) is 2.23. The second-order valence-electron chi connectivity index (χ2n) is 6.81. The molecule has 0 aromatic rings. The SMILES string of the molecule is CCCCC(CC)NCC(C(C)C)N1CCN(C)CC1. The Morgan fingerprint density at radius 2 is 1.70 bits per heavy atom. The van der Waals surface area contributed by atoms with Crippen LogP contribution in [0.1, 0.15) is 53.4 Å². The summed E-state index contributed by atoms with van der Waals surface area (Å²) in [4.78, 5) is 5.14. The van der Waals surface area contributed by atoms with Crippen LogP contribution in [0.2, 0.25) is 0 Å². The lowest BCUT2D eigenvalue weighted by Crippen LogP contribution is -2.54. The predicted molar refractivity (Wildman–Crippen MR) is 89.3 cm³/mol. The van der Waals surface area contributed by atoms with Gasteiger partial charge >= 0.3 is 0 Å². The molecule has 3 heteroatoms. The highest BCUT2D eigenvalue weighted by atomic mass is 15.3. The molecule has 0 spiro atoms. The first-order valence-corrected chi connectivity index (χ1v) is 8.74. The van der Waals surface area contributed by atoms with Crippen molar-refractivity contribution in [2.24, 2.45) is 5.92 Å². The molecule has 0 aromatic carbocycles. The number of unbranched alkanes of at least 4 members (excludes halogenated alkanes) is 1. The molecule has 0 amide bonds. The fourth-order valence-electron chi connectivity index (χ4n) is 3.13. The molecule has 0 saturated carbocycles. The minimum atomic E-state index is 0.694. The zero-order valence-electron chi connectivity index (χ0n) is 14.5. The van der Waals surface area contributed by atoms with E-state index in [1.165, 1.54) is 51.9 Å². The molecule has 0 aromatic heterocycles. The van der Waals surface area contributed by atoms with Crippen LogP contribution in [0.5, 0.6) is 0 Å². The van der Waals surface area contributed by atoms with Crippen molar-refractivity contribution in [3.8, 4) is 0 Å². The zero-order chi connectivity index (χ0) is 15.0. The number of piperazine rings is 1. The molecule has 0 bridgehead atoms. The van der Waals surface area contributed by atoms with E-state index in [0.29, 0.717) is 12.1 Å². The van der Waals surface area contributed by atoms with Gasteiger partial charge in [0.1, 0.15) is 0 Å². The minimum absolute atomic E-state index is 0.694. The number of rotatable bonds is 9. The molecule has 2 unspecified atom stereocenters. The highest BCUT2D eigenvalue weighted by Crippen LogP contribution is 2.14. The Morgan fingerprint density at radius 3 is 2.20 bits per heavy atom. The largest absolute Gasteiger partial charge is 0.312 e. The molecule has 1 aliphatic heterocycles. The van der Waals surface area contributed by atoms with Crippen molar-refractivity contribution >= 4 is 0 Å². The molecule has 20 heavy (non-hydrogen) atoms. The molecule has 2 atom stereocenters. The number of hydrogen-bond acceptors (Lipinski definition) is 3. The number of likely N-dealkylation sites (N-methyl/N-ethyl adjacent to an activating group) is 1. The summed E-state index contributed by atoms with van der Waals surface area (Å²) in [6, 6.07) is 1.41. The van der Waals surface area contributed by atoms with Crippen molar-refractivity contribution in [2.45, 2.75) is 65.5 Å². The third-order valence-electron chi connectivity index (χ3n) is 4.79. The quantitative estimate of drug-likeness (QED) is 0.702. The van der Waals surface area contributed by atoms with E-state index in [-0.39, 0.29) is 0 Å². The second-order valence-corrected chi connectivity index (χ2v) is 6.81. The highest BCUT2D eigenvalue weighted by Gasteiger charge is 2.25. The van der Waals surface area contributed by atoms with Crippen molar-refractivity contribution in [3.63, 3.8) is 0 Å². The first-order chi connectivity index (χ1) is 9.58. The summed E-state index contributed by atoms with van der Waals surface area (Å²) in [6.07, 6.45) is 5.25. The van der Waals surface area contributed by atoms with Gasteiger partial charge in [-0.05, 0) is 25.8 Å². The van der Waals surface area contributed by atoms with Crippen LogP contribution in [0, 0.1) is 5.92 Å². The average Bonchev–Trinajstić information content (AvgIpc) is 2.44. The number of nitrogens with one attached hydrogen (secondary N) is 1. The lowest BCUT2D eigenvalue weighted by molar-refractivity contribution is 0.0856. The molecule has 0 radical (unpaired) electrons. The Bertz CT molecular complexity index is 234. The Hall–Kier alpha value is -0.120. The van der Waals surface area contributed by atoms with Crippen molar-refractivity contribution in [3.05, 3.63) is 0 Å². The summed E-state index contributed by atoms with van der Waals surface area (Å²) in [5.74, 6) is 0.731. The predicted octanol–water partition coefficient (Wildman–Crippen LogP) is 2.82. The summed E-state index contributed by atoms with van der Waals surface area (Å²) in [5, 5.41) is 3.84.